The lowest BCUT2D eigenvalue weighted by Gasteiger charge is -2.18. The lowest BCUT2D eigenvalue weighted by molar-refractivity contribution is -0.117. The lowest BCUT2D eigenvalue weighted by atomic mass is 10.1. The van der Waals surface area contributed by atoms with E-state index in [0.29, 0.717) is 12.5 Å². The number of pyridine rings is 2. The van der Waals surface area contributed by atoms with E-state index in [1.165, 1.54) is 27.7 Å². The second kappa shape index (κ2) is 8.70. The van der Waals surface area contributed by atoms with Gasteiger partial charge in [0.25, 0.3) is 5.91 Å². The van der Waals surface area contributed by atoms with Crippen LogP contribution in [0.1, 0.15) is 37.0 Å². The van der Waals surface area contributed by atoms with Gasteiger partial charge in [0.15, 0.2) is 5.65 Å². The maximum Gasteiger partial charge on any atom is 0.256 e. The van der Waals surface area contributed by atoms with Gasteiger partial charge in [-0.05, 0) is 37.6 Å². The summed E-state index contributed by atoms with van der Waals surface area (Å²) in [6, 6.07) is 5.53. The normalized spacial score (nSPS) is 16.9. The number of hydrogen-bond acceptors (Lipinski definition) is 5. The highest BCUT2D eigenvalue weighted by atomic mass is 19.1. The first kappa shape index (κ1) is 22.5. The first-order valence-corrected chi connectivity index (χ1v) is 10.5. The molecule has 3 heterocycles. The zero-order chi connectivity index (χ0) is 23.9. The summed E-state index contributed by atoms with van der Waals surface area (Å²) >= 11 is 0. The zero-order valence-electron chi connectivity index (χ0n) is 18.0. The molecular weight excluding hydrogens is 434 g/mol. The maximum atomic E-state index is 14.7. The van der Waals surface area contributed by atoms with Crippen LogP contribution < -0.4 is 15.6 Å². The van der Waals surface area contributed by atoms with E-state index in [1.54, 1.807) is 6.92 Å². The van der Waals surface area contributed by atoms with Crippen LogP contribution in [0.2, 0.25) is 0 Å². The quantitative estimate of drug-likeness (QED) is 0.613. The fourth-order valence-electron chi connectivity index (χ4n) is 3.68. The van der Waals surface area contributed by atoms with Crippen LogP contribution in [0.5, 0.6) is 0 Å². The molecule has 1 unspecified atom stereocenters. The minimum atomic E-state index is -0.923. The molecule has 10 heteroatoms. The Labute approximate surface area is 187 Å². The number of rotatable bonds is 5. The molecule has 1 aliphatic heterocycles. The Balaban J connectivity index is 1.96. The molecule has 1 aliphatic rings. The molecule has 0 saturated carbocycles. The van der Waals surface area contributed by atoms with Crippen LogP contribution in [0.3, 0.4) is 0 Å². The molecule has 1 aromatic carbocycles. The van der Waals surface area contributed by atoms with Crippen molar-refractivity contribution in [3.8, 4) is 5.69 Å². The summed E-state index contributed by atoms with van der Waals surface area (Å²) in [5.74, 6) is -2.53. The van der Waals surface area contributed by atoms with Crippen LogP contribution in [-0.2, 0) is 4.79 Å². The van der Waals surface area contributed by atoms with Gasteiger partial charge < -0.3 is 10.4 Å². The standard InChI is InChI=1S/C23H22F2N4O4/c1-3-12(2)26-23(33)16-11-28(18-6-4-13(24)8-17(18)25)22-15(21(16)32)5-7-19(27-22)29-10-14(30)9-20(29)31/h4-8,11-12,14,30H,3,9-10H2,1-2H3,(H,26,33)/t12?,14-/m0/s1. The number of nitrogens with one attached hydrogen (secondary N) is 1. The Morgan fingerprint density at radius 2 is 2.03 bits per heavy atom. The van der Waals surface area contributed by atoms with Crippen LogP contribution in [0.4, 0.5) is 14.6 Å². The minimum Gasteiger partial charge on any atom is -0.391 e. The Bertz CT molecular complexity index is 1320. The Morgan fingerprint density at radius 3 is 2.67 bits per heavy atom. The average molecular weight is 456 g/mol. The van der Waals surface area contributed by atoms with E-state index in [2.05, 4.69) is 10.3 Å². The fourth-order valence-corrected chi connectivity index (χ4v) is 3.68. The molecule has 0 bridgehead atoms. The van der Waals surface area contributed by atoms with Crippen LogP contribution in [-0.4, -0.2) is 45.2 Å². The van der Waals surface area contributed by atoms with Gasteiger partial charge in [-0.15, -0.1) is 0 Å². The van der Waals surface area contributed by atoms with E-state index in [-0.39, 0.29) is 53.0 Å². The van der Waals surface area contributed by atoms with Gasteiger partial charge in [0, 0.05) is 18.3 Å². The number of carbonyl (C=O) groups is 2. The van der Waals surface area contributed by atoms with E-state index in [4.69, 9.17) is 0 Å². The molecule has 2 N–H and O–H groups in total. The highest BCUT2D eigenvalue weighted by Gasteiger charge is 2.30. The number of amides is 2. The smallest absolute Gasteiger partial charge is 0.256 e. The number of fused-ring (bicyclic) bond motifs is 1. The number of carbonyl (C=O) groups excluding carboxylic acids is 2. The highest BCUT2D eigenvalue weighted by molar-refractivity contribution is 5.99. The summed E-state index contributed by atoms with van der Waals surface area (Å²) in [6.45, 7) is 3.69. The van der Waals surface area contributed by atoms with Crippen molar-refractivity contribution >= 4 is 28.7 Å². The van der Waals surface area contributed by atoms with Crippen LogP contribution in [0.25, 0.3) is 16.7 Å². The van der Waals surface area contributed by atoms with Crippen molar-refractivity contribution in [3.63, 3.8) is 0 Å². The molecule has 2 amide bonds. The third-order valence-corrected chi connectivity index (χ3v) is 5.62. The number of anilines is 1. The number of hydrogen-bond donors (Lipinski definition) is 2. The van der Waals surface area contributed by atoms with E-state index in [0.717, 1.165) is 12.3 Å². The number of halogens is 2. The molecule has 4 rings (SSSR count). The molecule has 8 nitrogen and oxygen atoms in total. The Kier molecular flexibility index (Phi) is 5.94. The molecule has 172 valence electrons. The SMILES string of the molecule is CCC(C)NC(=O)c1cn(-c2ccc(F)cc2F)c2nc(N3C[C@@H](O)CC3=O)ccc2c1=O. The van der Waals surface area contributed by atoms with Crippen LogP contribution in [0, 0.1) is 11.6 Å². The fraction of sp³-hybridized carbons (Fsp3) is 0.304. The summed E-state index contributed by atoms with van der Waals surface area (Å²) in [4.78, 5) is 43.8. The molecule has 33 heavy (non-hydrogen) atoms. The highest BCUT2D eigenvalue weighted by Crippen LogP contribution is 2.25. The van der Waals surface area contributed by atoms with Crippen molar-refractivity contribution in [1.29, 1.82) is 0 Å². The summed E-state index contributed by atoms with van der Waals surface area (Å²) in [5, 5.41) is 12.5. The monoisotopic (exact) mass is 456 g/mol. The predicted molar refractivity (Wildman–Crippen MR) is 117 cm³/mol. The number of aromatic nitrogens is 2. The van der Waals surface area contributed by atoms with Crippen molar-refractivity contribution in [2.75, 3.05) is 11.4 Å². The molecular formula is C23H22F2N4O4. The Hall–Kier alpha value is -3.66. The van der Waals surface area contributed by atoms with Gasteiger partial charge in [0.2, 0.25) is 11.3 Å². The number of nitrogens with zero attached hydrogens (tertiary/aromatic N) is 3. The molecule has 3 aromatic rings. The van der Waals surface area contributed by atoms with Crippen molar-refractivity contribution in [2.45, 2.75) is 38.8 Å². The zero-order valence-corrected chi connectivity index (χ0v) is 18.0. The van der Waals surface area contributed by atoms with Gasteiger partial charge in [-0.1, -0.05) is 6.92 Å². The molecule has 0 spiro atoms. The van der Waals surface area contributed by atoms with Crippen LogP contribution in [0.15, 0.2) is 41.3 Å². The molecule has 0 radical (unpaired) electrons. The lowest BCUT2D eigenvalue weighted by Crippen LogP contribution is -2.35. The number of β-amino-alcohol motifs (C(OH)–C–C–N with tert-alkyl or cyclic N) is 1. The van der Waals surface area contributed by atoms with Gasteiger partial charge in [-0.3, -0.25) is 23.9 Å². The van der Waals surface area contributed by atoms with Crippen molar-refractivity contribution < 1.29 is 23.5 Å². The minimum absolute atomic E-state index is 0.0164. The van der Waals surface area contributed by atoms with E-state index >= 15 is 0 Å². The summed E-state index contributed by atoms with van der Waals surface area (Å²) in [6.07, 6.45) is 0.892. The van der Waals surface area contributed by atoms with Gasteiger partial charge in [0.05, 0.1) is 30.1 Å². The number of aliphatic hydroxyl groups excluding tert-OH is 1. The van der Waals surface area contributed by atoms with E-state index in [1.807, 2.05) is 6.92 Å². The largest absolute Gasteiger partial charge is 0.391 e. The molecule has 1 fully saturated rings. The average Bonchev–Trinajstić information content (AvgIpc) is 3.12. The molecule has 2 atom stereocenters. The van der Waals surface area contributed by atoms with Gasteiger partial charge in [0.1, 0.15) is 23.0 Å². The van der Waals surface area contributed by atoms with Gasteiger partial charge >= 0.3 is 0 Å². The van der Waals surface area contributed by atoms with Crippen LogP contribution >= 0.6 is 0 Å². The predicted octanol–water partition coefficient (Wildman–Crippen LogP) is 2.29. The Morgan fingerprint density at radius 1 is 1.27 bits per heavy atom. The molecule has 2 aromatic heterocycles. The second-order valence-electron chi connectivity index (χ2n) is 8.02. The summed E-state index contributed by atoms with van der Waals surface area (Å²) in [7, 11) is 0. The second-order valence-corrected chi connectivity index (χ2v) is 8.02. The summed E-state index contributed by atoms with van der Waals surface area (Å²) in [5.41, 5.74) is -0.987. The topological polar surface area (TPSA) is 105 Å². The maximum absolute atomic E-state index is 14.7. The summed E-state index contributed by atoms with van der Waals surface area (Å²) < 4.78 is 29.4. The van der Waals surface area contributed by atoms with E-state index in [9.17, 15) is 28.3 Å². The number of aliphatic hydroxyl groups is 1. The van der Waals surface area contributed by atoms with E-state index < -0.39 is 29.1 Å². The first-order chi connectivity index (χ1) is 15.7. The van der Waals surface area contributed by atoms with Crippen molar-refractivity contribution in [2.24, 2.45) is 0 Å². The van der Waals surface area contributed by atoms with Gasteiger partial charge in [-0.2, -0.15) is 0 Å². The van der Waals surface area contributed by atoms with Crippen molar-refractivity contribution in [1.82, 2.24) is 14.9 Å². The third-order valence-electron chi connectivity index (χ3n) is 5.62. The molecule has 0 aliphatic carbocycles. The van der Waals surface area contributed by atoms with Crippen molar-refractivity contribution in [3.05, 3.63) is 63.9 Å². The first-order valence-electron chi connectivity index (χ1n) is 10.5. The van der Waals surface area contributed by atoms with Gasteiger partial charge in [-0.25, -0.2) is 13.8 Å². The number of benzene rings is 1. The molecule has 1 saturated heterocycles. The third kappa shape index (κ3) is 4.21.